The number of rotatable bonds is 6. The van der Waals surface area contributed by atoms with Gasteiger partial charge in [-0.05, 0) is 19.3 Å². The summed E-state index contributed by atoms with van der Waals surface area (Å²) < 4.78 is 5.62. The standard InChI is InChI=1S/C14H22ClN3O/c1-10(2)4-11(3)18-7-12(8-18)9-19-14-6-16-5-13(15)17-14/h5-6,10-12H,4,7-9H2,1-3H3. The minimum absolute atomic E-state index is 0.373. The first-order valence-corrected chi connectivity index (χ1v) is 7.26. The quantitative estimate of drug-likeness (QED) is 0.805. The van der Waals surface area contributed by atoms with E-state index < -0.39 is 0 Å². The lowest BCUT2D eigenvalue weighted by Gasteiger charge is -2.43. The fraction of sp³-hybridized carbons (Fsp3) is 0.714. The maximum Gasteiger partial charge on any atom is 0.233 e. The second kappa shape index (κ2) is 6.53. The molecule has 1 aliphatic heterocycles. The van der Waals surface area contributed by atoms with Gasteiger partial charge in [0.05, 0.1) is 19.0 Å². The lowest BCUT2D eigenvalue weighted by Crippen LogP contribution is -2.53. The second-order valence-corrected chi connectivity index (χ2v) is 6.18. The molecule has 0 amide bonds. The van der Waals surface area contributed by atoms with Gasteiger partial charge < -0.3 is 4.74 Å². The van der Waals surface area contributed by atoms with E-state index in [9.17, 15) is 0 Å². The molecule has 1 aromatic heterocycles. The highest BCUT2D eigenvalue weighted by molar-refractivity contribution is 6.29. The first-order valence-electron chi connectivity index (χ1n) is 6.89. The molecule has 1 aromatic rings. The average Bonchev–Trinajstić information content (AvgIpc) is 2.25. The molecule has 0 bridgehead atoms. The van der Waals surface area contributed by atoms with E-state index in [2.05, 4.69) is 35.6 Å². The van der Waals surface area contributed by atoms with Crippen molar-refractivity contribution in [2.24, 2.45) is 11.8 Å². The molecule has 106 valence electrons. The van der Waals surface area contributed by atoms with E-state index in [1.54, 1.807) is 6.20 Å². The molecule has 0 aromatic carbocycles. The molecule has 1 saturated heterocycles. The SMILES string of the molecule is CC(C)CC(C)N1CC(COc2cncc(Cl)n2)C1. The predicted octanol–water partition coefficient (Wildman–Crippen LogP) is 2.88. The molecule has 2 heterocycles. The fourth-order valence-electron chi connectivity index (χ4n) is 2.50. The molecule has 2 rings (SSSR count). The van der Waals surface area contributed by atoms with E-state index in [0.717, 1.165) is 19.0 Å². The highest BCUT2D eigenvalue weighted by atomic mass is 35.5. The van der Waals surface area contributed by atoms with Gasteiger partial charge in [-0.3, -0.25) is 9.88 Å². The molecule has 19 heavy (non-hydrogen) atoms. The van der Waals surface area contributed by atoms with Gasteiger partial charge in [-0.2, -0.15) is 4.98 Å². The summed E-state index contributed by atoms with van der Waals surface area (Å²) in [4.78, 5) is 10.5. The van der Waals surface area contributed by atoms with Crippen molar-refractivity contribution in [3.8, 4) is 5.88 Å². The summed E-state index contributed by atoms with van der Waals surface area (Å²) in [5, 5.41) is 0.373. The van der Waals surface area contributed by atoms with Crippen molar-refractivity contribution in [1.82, 2.24) is 14.9 Å². The Balaban J connectivity index is 1.68. The summed E-state index contributed by atoms with van der Waals surface area (Å²) in [6.07, 6.45) is 4.37. The van der Waals surface area contributed by atoms with E-state index in [-0.39, 0.29) is 0 Å². The topological polar surface area (TPSA) is 38.2 Å². The zero-order valence-electron chi connectivity index (χ0n) is 11.8. The fourth-order valence-corrected chi connectivity index (χ4v) is 2.64. The van der Waals surface area contributed by atoms with E-state index in [4.69, 9.17) is 16.3 Å². The molecule has 5 heteroatoms. The van der Waals surface area contributed by atoms with Gasteiger partial charge in [-0.25, -0.2) is 0 Å². The Kier molecular flexibility index (Phi) is 4.99. The van der Waals surface area contributed by atoms with Gasteiger partial charge in [0, 0.05) is 25.0 Å². The van der Waals surface area contributed by atoms with Gasteiger partial charge in [0.1, 0.15) is 0 Å². The minimum Gasteiger partial charge on any atom is -0.476 e. The lowest BCUT2D eigenvalue weighted by molar-refractivity contribution is 0.0239. The van der Waals surface area contributed by atoms with E-state index in [0.29, 0.717) is 29.6 Å². The van der Waals surface area contributed by atoms with Gasteiger partial charge in [0.25, 0.3) is 0 Å². The van der Waals surface area contributed by atoms with Crippen LogP contribution in [0.5, 0.6) is 5.88 Å². The summed E-state index contributed by atoms with van der Waals surface area (Å²) in [6.45, 7) is 9.77. The molecule has 0 aliphatic carbocycles. The maximum atomic E-state index is 5.76. The van der Waals surface area contributed by atoms with Crippen molar-refractivity contribution in [2.75, 3.05) is 19.7 Å². The van der Waals surface area contributed by atoms with Crippen molar-refractivity contribution < 1.29 is 4.74 Å². The summed E-state index contributed by atoms with van der Waals surface area (Å²) in [5.41, 5.74) is 0. The highest BCUT2D eigenvalue weighted by Gasteiger charge is 2.30. The van der Waals surface area contributed by atoms with Gasteiger partial charge in [0.15, 0.2) is 5.15 Å². The van der Waals surface area contributed by atoms with Gasteiger partial charge in [0.2, 0.25) is 5.88 Å². The third kappa shape index (κ3) is 4.32. The first kappa shape index (κ1) is 14.5. The van der Waals surface area contributed by atoms with Crippen molar-refractivity contribution in [3.63, 3.8) is 0 Å². The number of halogens is 1. The van der Waals surface area contributed by atoms with Crippen molar-refractivity contribution in [2.45, 2.75) is 33.2 Å². The molecular formula is C14H22ClN3O. The summed E-state index contributed by atoms with van der Waals surface area (Å²) in [6, 6.07) is 0.669. The molecule has 1 atom stereocenters. The minimum atomic E-state index is 0.373. The van der Waals surface area contributed by atoms with Crippen LogP contribution in [0.3, 0.4) is 0 Å². The predicted molar refractivity (Wildman–Crippen MR) is 76.5 cm³/mol. The Morgan fingerprint density at radius 3 is 2.74 bits per heavy atom. The highest BCUT2D eigenvalue weighted by Crippen LogP contribution is 2.23. The van der Waals surface area contributed by atoms with E-state index in [1.807, 2.05) is 0 Å². The Morgan fingerprint density at radius 1 is 1.37 bits per heavy atom. The van der Waals surface area contributed by atoms with Crippen molar-refractivity contribution in [3.05, 3.63) is 17.5 Å². The maximum absolute atomic E-state index is 5.76. The van der Waals surface area contributed by atoms with Crippen LogP contribution in [-0.2, 0) is 0 Å². The number of ether oxygens (including phenoxy) is 1. The molecule has 4 nitrogen and oxygen atoms in total. The zero-order chi connectivity index (χ0) is 13.8. The smallest absolute Gasteiger partial charge is 0.233 e. The van der Waals surface area contributed by atoms with Crippen LogP contribution in [0.15, 0.2) is 12.4 Å². The van der Waals surface area contributed by atoms with Gasteiger partial charge in [-0.1, -0.05) is 25.4 Å². The first-order chi connectivity index (χ1) is 9.04. The molecule has 0 radical (unpaired) electrons. The van der Waals surface area contributed by atoms with Crippen LogP contribution in [0.25, 0.3) is 0 Å². The van der Waals surface area contributed by atoms with Crippen LogP contribution in [0.4, 0.5) is 0 Å². The van der Waals surface area contributed by atoms with Crippen molar-refractivity contribution >= 4 is 11.6 Å². The number of nitrogens with zero attached hydrogens (tertiary/aromatic N) is 3. The largest absolute Gasteiger partial charge is 0.476 e. The number of aromatic nitrogens is 2. The van der Waals surface area contributed by atoms with E-state index in [1.165, 1.54) is 12.6 Å². The summed E-state index contributed by atoms with van der Waals surface area (Å²) >= 11 is 5.76. The molecule has 1 unspecified atom stereocenters. The average molecular weight is 284 g/mol. The van der Waals surface area contributed by atoms with Gasteiger partial charge >= 0.3 is 0 Å². The van der Waals surface area contributed by atoms with Crippen LogP contribution in [0.2, 0.25) is 5.15 Å². The van der Waals surface area contributed by atoms with Crippen LogP contribution in [-0.4, -0.2) is 40.6 Å². The molecule has 0 saturated carbocycles. The number of likely N-dealkylation sites (tertiary alicyclic amines) is 1. The van der Waals surface area contributed by atoms with Crippen LogP contribution >= 0.6 is 11.6 Å². The third-order valence-corrected chi connectivity index (χ3v) is 3.65. The van der Waals surface area contributed by atoms with Crippen LogP contribution in [0.1, 0.15) is 27.2 Å². The molecule has 0 N–H and O–H groups in total. The number of hydrogen-bond donors (Lipinski definition) is 0. The summed E-state index contributed by atoms with van der Waals surface area (Å²) in [7, 11) is 0. The van der Waals surface area contributed by atoms with Gasteiger partial charge in [-0.15, -0.1) is 0 Å². The number of hydrogen-bond acceptors (Lipinski definition) is 4. The molecule has 1 fully saturated rings. The second-order valence-electron chi connectivity index (χ2n) is 5.79. The molecule has 0 spiro atoms. The van der Waals surface area contributed by atoms with E-state index >= 15 is 0 Å². The molecule has 1 aliphatic rings. The van der Waals surface area contributed by atoms with Crippen LogP contribution in [0, 0.1) is 11.8 Å². The van der Waals surface area contributed by atoms with Crippen molar-refractivity contribution in [1.29, 1.82) is 0 Å². The van der Waals surface area contributed by atoms with Crippen LogP contribution < -0.4 is 4.74 Å². The Morgan fingerprint density at radius 2 is 2.11 bits per heavy atom. The lowest BCUT2D eigenvalue weighted by atomic mass is 9.95. The normalized spacial score (nSPS) is 18.4. The summed E-state index contributed by atoms with van der Waals surface area (Å²) in [5.74, 6) is 1.86. The Labute approximate surface area is 120 Å². The third-order valence-electron chi connectivity index (χ3n) is 3.47. The Hall–Kier alpha value is -0.870. The Bertz CT molecular complexity index is 407. The monoisotopic (exact) mass is 283 g/mol. The molecular weight excluding hydrogens is 262 g/mol. The zero-order valence-corrected chi connectivity index (χ0v) is 12.6.